The van der Waals surface area contributed by atoms with E-state index in [4.69, 9.17) is 0 Å². The number of aromatic nitrogens is 1. The quantitative estimate of drug-likeness (QED) is 0.620. The fourth-order valence-corrected chi connectivity index (χ4v) is 3.91. The molecule has 0 aliphatic carbocycles. The molecule has 0 atom stereocenters. The minimum Gasteiger partial charge on any atom is -0.317 e. The number of carbonyl (C=O) groups excluding carboxylic acids is 1. The average molecular weight is 388 g/mol. The number of hydrogen-bond acceptors (Lipinski definition) is 3. The van der Waals surface area contributed by atoms with Crippen LogP contribution in [0, 0.1) is 20.8 Å². The van der Waals surface area contributed by atoms with Gasteiger partial charge in [0.15, 0.2) is 5.17 Å². The lowest BCUT2D eigenvalue weighted by Crippen LogP contribution is -2.19. The molecule has 1 saturated heterocycles. The van der Waals surface area contributed by atoms with Gasteiger partial charge in [-0.2, -0.15) is 0 Å². The van der Waals surface area contributed by atoms with Crippen LogP contribution >= 0.6 is 11.8 Å². The highest BCUT2D eigenvalue weighted by molar-refractivity contribution is 8.18. The summed E-state index contributed by atoms with van der Waals surface area (Å²) in [6, 6.07) is 18.2. The third kappa shape index (κ3) is 3.66. The molecule has 4 nitrogen and oxygen atoms in total. The fourth-order valence-electron chi connectivity index (χ4n) is 3.08. The first kappa shape index (κ1) is 18.3. The molecule has 2 heterocycles. The van der Waals surface area contributed by atoms with Gasteiger partial charge in [0, 0.05) is 17.6 Å². The predicted molar refractivity (Wildman–Crippen MR) is 117 cm³/mol. The van der Waals surface area contributed by atoms with Crippen LogP contribution in [-0.2, 0) is 4.79 Å². The molecular formula is C23H21N3OS. The van der Waals surface area contributed by atoms with Crippen molar-refractivity contribution in [2.24, 2.45) is 4.99 Å². The van der Waals surface area contributed by atoms with Crippen molar-refractivity contribution in [1.29, 1.82) is 0 Å². The van der Waals surface area contributed by atoms with E-state index in [0.717, 1.165) is 17.1 Å². The largest absolute Gasteiger partial charge is 0.317 e. The standard InChI is InChI=1S/C23H21N3OS/c1-15-9-11-18(12-10-15)24-23-25-22(27)21(28-23)14-19-7-5-13-26(19)20-8-4-6-16(2)17(20)3/h4-14H,1-3H3,(H,24,25,27)/b21-14+. The Labute approximate surface area is 169 Å². The van der Waals surface area contributed by atoms with Gasteiger partial charge in [0.1, 0.15) is 0 Å². The van der Waals surface area contributed by atoms with Crippen LogP contribution in [0.3, 0.4) is 0 Å². The Hall–Kier alpha value is -3.05. The van der Waals surface area contributed by atoms with Gasteiger partial charge in [-0.1, -0.05) is 29.8 Å². The van der Waals surface area contributed by atoms with Gasteiger partial charge in [-0.05, 0) is 80.1 Å². The molecule has 0 saturated carbocycles. The predicted octanol–water partition coefficient (Wildman–Crippen LogP) is 5.29. The second-order valence-electron chi connectivity index (χ2n) is 6.84. The molecule has 4 rings (SSSR count). The third-order valence-corrected chi connectivity index (χ3v) is 5.72. The van der Waals surface area contributed by atoms with Crippen LogP contribution in [0.15, 0.2) is 70.7 Å². The second-order valence-corrected chi connectivity index (χ2v) is 7.87. The van der Waals surface area contributed by atoms with Gasteiger partial charge in [-0.15, -0.1) is 0 Å². The maximum absolute atomic E-state index is 12.4. The summed E-state index contributed by atoms with van der Waals surface area (Å²) in [6.07, 6.45) is 3.94. The van der Waals surface area contributed by atoms with Crippen molar-refractivity contribution in [3.63, 3.8) is 0 Å². The van der Waals surface area contributed by atoms with Crippen LogP contribution in [0.2, 0.25) is 0 Å². The zero-order valence-electron chi connectivity index (χ0n) is 16.1. The highest BCUT2D eigenvalue weighted by Crippen LogP contribution is 2.29. The SMILES string of the molecule is Cc1ccc(N=C2NC(=O)/C(=C\c3cccn3-c3cccc(C)c3C)S2)cc1. The van der Waals surface area contributed by atoms with E-state index < -0.39 is 0 Å². The molecule has 28 heavy (non-hydrogen) atoms. The lowest BCUT2D eigenvalue weighted by molar-refractivity contribution is -0.115. The van der Waals surface area contributed by atoms with Crippen LogP contribution in [0.1, 0.15) is 22.4 Å². The maximum atomic E-state index is 12.4. The Morgan fingerprint density at radius 3 is 2.57 bits per heavy atom. The number of aliphatic imine (C=N–C) groups is 1. The highest BCUT2D eigenvalue weighted by Gasteiger charge is 2.24. The van der Waals surface area contributed by atoms with Crippen molar-refractivity contribution in [3.05, 3.63) is 88.1 Å². The fraction of sp³-hybridized carbons (Fsp3) is 0.130. The minimum atomic E-state index is -0.121. The van der Waals surface area contributed by atoms with E-state index in [1.54, 1.807) is 0 Å². The summed E-state index contributed by atoms with van der Waals surface area (Å²) in [5.74, 6) is -0.121. The Balaban J connectivity index is 1.64. The van der Waals surface area contributed by atoms with Gasteiger partial charge < -0.3 is 9.88 Å². The van der Waals surface area contributed by atoms with E-state index >= 15 is 0 Å². The molecule has 0 unspecified atom stereocenters. The molecule has 3 aromatic rings. The number of amidine groups is 1. The first-order chi connectivity index (χ1) is 13.5. The molecule has 1 aliphatic rings. The first-order valence-corrected chi connectivity index (χ1v) is 9.93. The van der Waals surface area contributed by atoms with Crippen LogP contribution < -0.4 is 5.32 Å². The third-order valence-electron chi connectivity index (χ3n) is 4.81. The van der Waals surface area contributed by atoms with Crippen LogP contribution in [0.4, 0.5) is 5.69 Å². The van der Waals surface area contributed by atoms with E-state index in [-0.39, 0.29) is 5.91 Å². The lowest BCUT2D eigenvalue weighted by Gasteiger charge is -2.12. The molecule has 1 aromatic heterocycles. The smallest absolute Gasteiger partial charge is 0.264 e. The van der Waals surface area contributed by atoms with Crippen molar-refractivity contribution in [2.75, 3.05) is 0 Å². The summed E-state index contributed by atoms with van der Waals surface area (Å²) < 4.78 is 2.11. The average Bonchev–Trinajstić information content (AvgIpc) is 3.26. The Morgan fingerprint density at radius 1 is 1.00 bits per heavy atom. The number of nitrogens with one attached hydrogen (secondary N) is 1. The summed E-state index contributed by atoms with van der Waals surface area (Å²) in [5.41, 5.74) is 6.55. The summed E-state index contributed by atoms with van der Waals surface area (Å²) in [5, 5.41) is 3.46. The summed E-state index contributed by atoms with van der Waals surface area (Å²) in [6.45, 7) is 6.26. The van der Waals surface area contributed by atoms with E-state index in [1.807, 2.05) is 55.6 Å². The number of nitrogens with zero attached hydrogens (tertiary/aromatic N) is 2. The molecule has 140 valence electrons. The number of carbonyl (C=O) groups is 1. The Morgan fingerprint density at radius 2 is 1.79 bits per heavy atom. The van der Waals surface area contributed by atoms with Crippen molar-refractivity contribution in [2.45, 2.75) is 20.8 Å². The molecule has 1 amide bonds. The zero-order chi connectivity index (χ0) is 19.7. The monoisotopic (exact) mass is 387 g/mol. The van der Waals surface area contributed by atoms with E-state index in [0.29, 0.717) is 10.1 Å². The number of hydrogen-bond donors (Lipinski definition) is 1. The Kier molecular flexibility index (Phi) is 4.92. The summed E-state index contributed by atoms with van der Waals surface area (Å²) >= 11 is 1.36. The molecule has 2 aromatic carbocycles. The molecule has 0 radical (unpaired) electrons. The number of thioether (sulfide) groups is 1. The number of rotatable bonds is 3. The number of amides is 1. The number of benzene rings is 2. The zero-order valence-corrected chi connectivity index (χ0v) is 16.9. The molecular weight excluding hydrogens is 366 g/mol. The first-order valence-electron chi connectivity index (χ1n) is 9.11. The van der Waals surface area contributed by atoms with Crippen LogP contribution in [0.25, 0.3) is 11.8 Å². The van der Waals surface area contributed by atoms with Crippen LogP contribution in [-0.4, -0.2) is 15.6 Å². The molecule has 1 fully saturated rings. The number of aryl methyl sites for hydroxylation is 2. The van der Waals surface area contributed by atoms with Gasteiger partial charge in [-0.25, -0.2) is 4.99 Å². The van der Waals surface area contributed by atoms with E-state index in [9.17, 15) is 4.79 Å². The van der Waals surface area contributed by atoms with E-state index in [2.05, 4.69) is 46.9 Å². The van der Waals surface area contributed by atoms with Crippen molar-refractivity contribution < 1.29 is 4.79 Å². The molecule has 0 bridgehead atoms. The van der Waals surface area contributed by atoms with Gasteiger partial charge in [-0.3, -0.25) is 4.79 Å². The second kappa shape index (κ2) is 7.52. The Bertz CT molecular complexity index is 1110. The van der Waals surface area contributed by atoms with Gasteiger partial charge >= 0.3 is 0 Å². The van der Waals surface area contributed by atoms with Crippen molar-refractivity contribution in [3.8, 4) is 5.69 Å². The molecule has 5 heteroatoms. The van der Waals surface area contributed by atoms with Crippen LogP contribution in [0.5, 0.6) is 0 Å². The maximum Gasteiger partial charge on any atom is 0.264 e. The normalized spacial score (nSPS) is 16.8. The van der Waals surface area contributed by atoms with Gasteiger partial charge in [0.05, 0.1) is 10.6 Å². The minimum absolute atomic E-state index is 0.121. The molecule has 1 aliphatic heterocycles. The van der Waals surface area contributed by atoms with Gasteiger partial charge in [0.2, 0.25) is 0 Å². The van der Waals surface area contributed by atoms with Crippen molar-refractivity contribution >= 4 is 34.6 Å². The summed E-state index contributed by atoms with van der Waals surface area (Å²) in [7, 11) is 0. The van der Waals surface area contributed by atoms with E-state index in [1.165, 1.54) is 28.5 Å². The van der Waals surface area contributed by atoms with Crippen molar-refractivity contribution in [1.82, 2.24) is 9.88 Å². The lowest BCUT2D eigenvalue weighted by atomic mass is 10.1. The topological polar surface area (TPSA) is 46.4 Å². The highest BCUT2D eigenvalue weighted by atomic mass is 32.2. The van der Waals surface area contributed by atoms with Gasteiger partial charge in [0.25, 0.3) is 5.91 Å². The summed E-state index contributed by atoms with van der Waals surface area (Å²) in [4.78, 5) is 17.6. The molecule has 1 N–H and O–H groups in total. The molecule has 0 spiro atoms.